The van der Waals surface area contributed by atoms with Crippen LogP contribution in [0.1, 0.15) is 6.42 Å². The molecule has 0 saturated carbocycles. The first-order valence-corrected chi connectivity index (χ1v) is 7.78. The zero-order chi connectivity index (χ0) is 13.3. The van der Waals surface area contributed by atoms with Gasteiger partial charge in [0.25, 0.3) is 0 Å². The number of nitrogens with two attached hydrogens (primary N) is 1. The molecule has 2 fully saturated rings. The van der Waals surface area contributed by atoms with Crippen LogP contribution in [-0.4, -0.2) is 69.2 Å². The maximum Gasteiger partial charge on any atom is 0.407 e. The third-order valence-electron chi connectivity index (χ3n) is 3.56. The molecule has 3 N–H and O–H groups in total. The fraction of sp³-hybridized carbons (Fsp3) is 0.900. The summed E-state index contributed by atoms with van der Waals surface area (Å²) < 4.78 is 27.6. The Morgan fingerprint density at radius 3 is 2.72 bits per heavy atom. The number of alkyl carbamates (subject to hydrolysis) is 1. The Hall–Kier alpha value is -0.860. The van der Waals surface area contributed by atoms with Crippen molar-refractivity contribution < 1.29 is 17.9 Å². The van der Waals surface area contributed by atoms with Crippen LogP contribution < -0.4 is 11.1 Å². The van der Waals surface area contributed by atoms with Gasteiger partial charge in [0.2, 0.25) is 0 Å². The number of hydrogen-bond donors (Lipinski definition) is 2. The van der Waals surface area contributed by atoms with Gasteiger partial charge in [-0.15, -0.1) is 0 Å². The van der Waals surface area contributed by atoms with E-state index in [4.69, 9.17) is 5.73 Å². The van der Waals surface area contributed by atoms with Crippen molar-refractivity contribution in [1.29, 1.82) is 0 Å². The number of hydrogen-bond acceptors (Lipinski definition) is 6. The predicted octanol–water partition coefficient (Wildman–Crippen LogP) is -1.46. The van der Waals surface area contributed by atoms with E-state index in [9.17, 15) is 13.2 Å². The van der Waals surface area contributed by atoms with Crippen LogP contribution in [0.3, 0.4) is 0 Å². The van der Waals surface area contributed by atoms with E-state index in [0.717, 1.165) is 13.0 Å². The topological polar surface area (TPSA) is 102 Å². The number of amides is 1. The molecule has 2 aliphatic heterocycles. The van der Waals surface area contributed by atoms with Gasteiger partial charge in [-0.25, -0.2) is 13.2 Å². The minimum absolute atomic E-state index is 0.00736. The third kappa shape index (κ3) is 2.93. The van der Waals surface area contributed by atoms with E-state index in [-0.39, 0.29) is 29.6 Å². The van der Waals surface area contributed by atoms with Gasteiger partial charge in [0.05, 0.1) is 18.6 Å². The van der Waals surface area contributed by atoms with Crippen molar-refractivity contribution in [3.8, 4) is 0 Å². The first-order valence-electron chi connectivity index (χ1n) is 5.96. The molecule has 104 valence electrons. The molecule has 0 aromatic rings. The summed E-state index contributed by atoms with van der Waals surface area (Å²) >= 11 is 0. The Bertz CT molecular complexity index is 425. The van der Waals surface area contributed by atoms with E-state index in [1.54, 1.807) is 0 Å². The van der Waals surface area contributed by atoms with Gasteiger partial charge in [0, 0.05) is 31.2 Å². The van der Waals surface area contributed by atoms with Gasteiger partial charge < -0.3 is 15.8 Å². The van der Waals surface area contributed by atoms with Gasteiger partial charge in [-0.2, -0.15) is 0 Å². The number of likely N-dealkylation sites (tertiary alicyclic amines) is 1. The molecular formula is C10H19N3O4S. The molecule has 3 atom stereocenters. The summed E-state index contributed by atoms with van der Waals surface area (Å²) in [5.74, 6) is 0.183. The van der Waals surface area contributed by atoms with E-state index in [0.29, 0.717) is 6.54 Å². The van der Waals surface area contributed by atoms with Crippen molar-refractivity contribution >= 4 is 15.9 Å². The van der Waals surface area contributed by atoms with Crippen molar-refractivity contribution in [1.82, 2.24) is 10.2 Å². The first kappa shape index (κ1) is 13.6. The molecule has 0 bridgehead atoms. The van der Waals surface area contributed by atoms with Crippen LogP contribution in [-0.2, 0) is 14.6 Å². The fourth-order valence-electron chi connectivity index (χ4n) is 2.66. The van der Waals surface area contributed by atoms with Crippen LogP contribution in [0.25, 0.3) is 0 Å². The number of nitrogens with zero attached hydrogens (tertiary/aromatic N) is 1. The van der Waals surface area contributed by atoms with Gasteiger partial charge in [-0.05, 0) is 6.42 Å². The van der Waals surface area contributed by atoms with Crippen molar-refractivity contribution in [2.75, 3.05) is 31.7 Å². The third-order valence-corrected chi connectivity index (χ3v) is 5.30. The monoisotopic (exact) mass is 277 g/mol. The zero-order valence-electron chi connectivity index (χ0n) is 10.3. The summed E-state index contributed by atoms with van der Waals surface area (Å²) in [6, 6.07) is -0.445. The molecule has 1 amide bonds. The summed E-state index contributed by atoms with van der Waals surface area (Å²) in [6.07, 6.45) is 0.337. The largest absolute Gasteiger partial charge is 0.453 e. The molecule has 0 aliphatic carbocycles. The quantitative estimate of drug-likeness (QED) is 0.640. The SMILES string of the molecule is COC(=O)NC1CCN(C2CS(=O)(=O)CC2N)C1. The van der Waals surface area contributed by atoms with E-state index in [1.807, 2.05) is 0 Å². The maximum atomic E-state index is 11.5. The highest BCUT2D eigenvalue weighted by Crippen LogP contribution is 2.21. The molecule has 0 radical (unpaired) electrons. The number of sulfone groups is 1. The second kappa shape index (κ2) is 5.02. The molecule has 2 aliphatic rings. The van der Waals surface area contributed by atoms with Crippen LogP contribution in [0.4, 0.5) is 4.79 Å². The van der Waals surface area contributed by atoms with E-state index < -0.39 is 15.9 Å². The standard InChI is InChI=1S/C10H19N3O4S/c1-17-10(14)12-7-2-3-13(4-7)9-6-18(15,16)5-8(9)11/h7-9H,2-6,11H2,1H3,(H,12,14). The number of carbonyl (C=O) groups is 1. The number of methoxy groups -OCH3 is 1. The maximum absolute atomic E-state index is 11.5. The molecule has 0 aromatic carbocycles. The molecule has 8 heteroatoms. The van der Waals surface area contributed by atoms with Crippen LogP contribution in [0.15, 0.2) is 0 Å². The minimum atomic E-state index is -3.01. The second-order valence-corrected chi connectivity index (χ2v) is 7.08. The molecule has 3 unspecified atom stereocenters. The summed E-state index contributed by atoms with van der Waals surface area (Å²) in [4.78, 5) is 13.1. The molecule has 7 nitrogen and oxygen atoms in total. The Morgan fingerprint density at radius 2 is 2.17 bits per heavy atom. The molecule has 18 heavy (non-hydrogen) atoms. The summed E-state index contributed by atoms with van der Waals surface area (Å²) in [6.45, 7) is 1.38. The molecular weight excluding hydrogens is 258 g/mol. The van der Waals surface area contributed by atoms with Crippen molar-refractivity contribution in [3.05, 3.63) is 0 Å². The van der Waals surface area contributed by atoms with Crippen LogP contribution in [0.5, 0.6) is 0 Å². The van der Waals surface area contributed by atoms with E-state index >= 15 is 0 Å². The molecule has 2 saturated heterocycles. The number of ether oxygens (including phenoxy) is 1. The van der Waals surface area contributed by atoms with E-state index in [1.165, 1.54) is 7.11 Å². The van der Waals surface area contributed by atoms with Crippen LogP contribution in [0.2, 0.25) is 0 Å². The highest BCUT2D eigenvalue weighted by atomic mass is 32.2. The van der Waals surface area contributed by atoms with Gasteiger partial charge in [0.1, 0.15) is 0 Å². The normalized spacial score (nSPS) is 35.6. The van der Waals surface area contributed by atoms with Gasteiger partial charge in [-0.3, -0.25) is 4.90 Å². The predicted molar refractivity (Wildman–Crippen MR) is 65.9 cm³/mol. The smallest absolute Gasteiger partial charge is 0.407 e. The lowest BCUT2D eigenvalue weighted by Gasteiger charge is -2.26. The fourth-order valence-corrected chi connectivity index (χ4v) is 4.59. The van der Waals surface area contributed by atoms with E-state index in [2.05, 4.69) is 15.0 Å². The first-order chi connectivity index (χ1) is 8.41. The zero-order valence-corrected chi connectivity index (χ0v) is 11.1. The van der Waals surface area contributed by atoms with Crippen LogP contribution in [0, 0.1) is 0 Å². The molecule has 0 spiro atoms. The minimum Gasteiger partial charge on any atom is -0.453 e. The van der Waals surface area contributed by atoms with Crippen molar-refractivity contribution in [3.63, 3.8) is 0 Å². The summed E-state index contributed by atoms with van der Waals surface area (Å²) in [5.41, 5.74) is 5.87. The highest BCUT2D eigenvalue weighted by Gasteiger charge is 2.41. The van der Waals surface area contributed by atoms with Crippen molar-refractivity contribution in [2.45, 2.75) is 24.5 Å². The number of nitrogens with one attached hydrogen (secondary N) is 1. The Labute approximate surface area is 107 Å². The lowest BCUT2D eigenvalue weighted by molar-refractivity contribution is 0.165. The lowest BCUT2D eigenvalue weighted by atomic mass is 10.1. The molecule has 2 heterocycles. The number of rotatable bonds is 2. The molecule has 2 rings (SSSR count). The number of carbonyl (C=O) groups excluding carboxylic acids is 1. The summed E-state index contributed by atoms with van der Waals surface area (Å²) in [7, 11) is -1.69. The van der Waals surface area contributed by atoms with Crippen molar-refractivity contribution in [2.24, 2.45) is 5.73 Å². The Morgan fingerprint density at radius 1 is 1.44 bits per heavy atom. The lowest BCUT2D eigenvalue weighted by Crippen LogP contribution is -2.47. The van der Waals surface area contributed by atoms with Gasteiger partial charge in [-0.1, -0.05) is 0 Å². The van der Waals surface area contributed by atoms with Crippen LogP contribution >= 0.6 is 0 Å². The van der Waals surface area contributed by atoms with Gasteiger partial charge in [0.15, 0.2) is 9.84 Å². The molecule has 0 aromatic heterocycles. The average Bonchev–Trinajstić information content (AvgIpc) is 2.82. The Balaban J connectivity index is 1.91. The van der Waals surface area contributed by atoms with Gasteiger partial charge >= 0.3 is 6.09 Å². The Kier molecular flexibility index (Phi) is 3.79. The summed E-state index contributed by atoms with van der Waals surface area (Å²) in [5, 5.41) is 2.72. The average molecular weight is 277 g/mol. The second-order valence-electron chi connectivity index (χ2n) is 4.92. The highest BCUT2D eigenvalue weighted by molar-refractivity contribution is 7.91.